The van der Waals surface area contributed by atoms with E-state index < -0.39 is 11.7 Å². The normalized spacial score (nSPS) is 19.7. The summed E-state index contributed by atoms with van der Waals surface area (Å²) in [6, 6.07) is 2.37. The summed E-state index contributed by atoms with van der Waals surface area (Å²) in [5, 5.41) is 9.49. The van der Waals surface area contributed by atoms with E-state index >= 15 is 0 Å². The van der Waals surface area contributed by atoms with Crippen LogP contribution in [0.5, 0.6) is 0 Å². The van der Waals surface area contributed by atoms with Crippen molar-refractivity contribution in [2.24, 2.45) is 5.73 Å². The SMILES string of the molecule is NC(=O)c1cc(N2CCCCCC2CO)c(F)cc1N. The summed E-state index contributed by atoms with van der Waals surface area (Å²) < 4.78 is 14.2. The van der Waals surface area contributed by atoms with Crippen LogP contribution in [0.1, 0.15) is 36.0 Å². The van der Waals surface area contributed by atoms with E-state index in [0.717, 1.165) is 31.7 Å². The van der Waals surface area contributed by atoms with Crippen molar-refractivity contribution in [2.45, 2.75) is 31.7 Å². The van der Waals surface area contributed by atoms with Crippen LogP contribution in [-0.4, -0.2) is 30.2 Å². The van der Waals surface area contributed by atoms with Gasteiger partial charge >= 0.3 is 0 Å². The number of nitrogens with zero attached hydrogens (tertiary/aromatic N) is 1. The van der Waals surface area contributed by atoms with Gasteiger partial charge < -0.3 is 21.5 Å². The zero-order valence-corrected chi connectivity index (χ0v) is 11.3. The Kier molecular flexibility index (Phi) is 4.44. The van der Waals surface area contributed by atoms with Crippen LogP contribution in [-0.2, 0) is 0 Å². The Bertz CT molecular complexity index is 507. The van der Waals surface area contributed by atoms with Crippen molar-refractivity contribution >= 4 is 17.3 Å². The van der Waals surface area contributed by atoms with Crippen molar-refractivity contribution in [3.63, 3.8) is 0 Å². The highest BCUT2D eigenvalue weighted by molar-refractivity contribution is 5.99. The van der Waals surface area contributed by atoms with E-state index in [0.29, 0.717) is 6.54 Å². The summed E-state index contributed by atoms with van der Waals surface area (Å²) in [6.07, 6.45) is 3.77. The summed E-state index contributed by atoms with van der Waals surface area (Å²) in [6.45, 7) is 0.597. The van der Waals surface area contributed by atoms with Crippen LogP contribution in [0, 0.1) is 5.82 Å². The van der Waals surface area contributed by atoms with Crippen LogP contribution >= 0.6 is 0 Å². The molecule has 0 aromatic heterocycles. The Morgan fingerprint density at radius 1 is 1.40 bits per heavy atom. The number of nitrogens with two attached hydrogens (primary N) is 2. The standard InChI is InChI=1S/C14H20FN3O2/c15-11-7-12(16)10(14(17)20)6-13(11)18-5-3-1-2-4-9(18)8-19/h6-7,9,19H,1-5,8,16H2,(H2,17,20). The first-order valence-electron chi connectivity index (χ1n) is 6.81. The quantitative estimate of drug-likeness (QED) is 0.727. The minimum absolute atomic E-state index is 0.0362. The van der Waals surface area contributed by atoms with E-state index in [1.165, 1.54) is 6.07 Å². The first-order chi connectivity index (χ1) is 9.54. The summed E-state index contributed by atoms with van der Waals surface area (Å²) in [5.74, 6) is -1.17. The Morgan fingerprint density at radius 3 is 2.80 bits per heavy atom. The van der Waals surface area contributed by atoms with Crippen LogP contribution in [0.4, 0.5) is 15.8 Å². The van der Waals surface area contributed by atoms with E-state index in [1.54, 1.807) is 0 Å². The molecule has 0 saturated carbocycles. The maximum atomic E-state index is 14.2. The van der Waals surface area contributed by atoms with Gasteiger partial charge in [0, 0.05) is 12.2 Å². The number of primary amides is 1. The van der Waals surface area contributed by atoms with E-state index in [1.807, 2.05) is 4.90 Å². The number of rotatable bonds is 3. The second-order valence-electron chi connectivity index (χ2n) is 5.13. The second-order valence-corrected chi connectivity index (χ2v) is 5.13. The molecule has 1 aromatic carbocycles. The predicted octanol–water partition coefficient (Wildman–Crippen LogP) is 1.25. The summed E-state index contributed by atoms with van der Waals surface area (Å²) in [4.78, 5) is 13.2. The minimum Gasteiger partial charge on any atom is -0.398 e. The van der Waals surface area contributed by atoms with Crippen LogP contribution in [0.15, 0.2) is 12.1 Å². The number of aliphatic hydroxyl groups is 1. The summed E-state index contributed by atoms with van der Waals surface area (Å²) in [5.41, 5.74) is 11.3. The van der Waals surface area contributed by atoms with Crippen molar-refractivity contribution < 1.29 is 14.3 Å². The van der Waals surface area contributed by atoms with Gasteiger partial charge in [-0.05, 0) is 25.0 Å². The molecule has 0 aliphatic carbocycles. The number of nitrogen functional groups attached to an aromatic ring is 1. The largest absolute Gasteiger partial charge is 0.398 e. The number of halogens is 1. The number of hydrogen-bond acceptors (Lipinski definition) is 4. The highest BCUT2D eigenvalue weighted by atomic mass is 19.1. The Morgan fingerprint density at radius 2 is 2.15 bits per heavy atom. The third-order valence-corrected chi connectivity index (χ3v) is 3.78. The summed E-state index contributed by atoms with van der Waals surface area (Å²) >= 11 is 0. The molecule has 2 rings (SSSR count). The number of aliphatic hydroxyl groups excluding tert-OH is 1. The topological polar surface area (TPSA) is 92.6 Å². The highest BCUT2D eigenvalue weighted by Gasteiger charge is 2.24. The average Bonchev–Trinajstić information content (AvgIpc) is 2.63. The third kappa shape index (κ3) is 2.85. The molecule has 1 unspecified atom stereocenters. The van der Waals surface area contributed by atoms with E-state index in [-0.39, 0.29) is 29.6 Å². The molecule has 6 heteroatoms. The van der Waals surface area contributed by atoms with Gasteiger partial charge in [-0.1, -0.05) is 12.8 Å². The first-order valence-corrected chi connectivity index (χ1v) is 6.81. The molecule has 110 valence electrons. The molecular formula is C14H20FN3O2. The second kappa shape index (κ2) is 6.09. The highest BCUT2D eigenvalue weighted by Crippen LogP contribution is 2.30. The molecule has 5 N–H and O–H groups in total. The maximum Gasteiger partial charge on any atom is 0.250 e. The van der Waals surface area contributed by atoms with Gasteiger partial charge in [-0.2, -0.15) is 0 Å². The zero-order chi connectivity index (χ0) is 14.7. The number of carbonyl (C=O) groups excluding carboxylic acids is 1. The minimum atomic E-state index is -0.681. The number of amides is 1. The lowest BCUT2D eigenvalue weighted by Gasteiger charge is -2.31. The molecule has 20 heavy (non-hydrogen) atoms. The molecule has 5 nitrogen and oxygen atoms in total. The number of carbonyl (C=O) groups is 1. The van der Waals surface area contributed by atoms with E-state index in [2.05, 4.69) is 0 Å². The molecule has 1 fully saturated rings. The van der Waals surface area contributed by atoms with Crippen molar-refractivity contribution in [1.82, 2.24) is 0 Å². The van der Waals surface area contributed by atoms with E-state index in [4.69, 9.17) is 11.5 Å². The van der Waals surface area contributed by atoms with Gasteiger partial charge in [0.15, 0.2) is 0 Å². The number of hydrogen-bond donors (Lipinski definition) is 3. The Balaban J connectivity index is 2.43. The van der Waals surface area contributed by atoms with Crippen molar-refractivity contribution in [1.29, 1.82) is 0 Å². The average molecular weight is 281 g/mol. The van der Waals surface area contributed by atoms with E-state index in [9.17, 15) is 14.3 Å². The lowest BCUT2D eigenvalue weighted by Crippen LogP contribution is -2.38. The molecule has 1 atom stereocenters. The Labute approximate surface area is 117 Å². The van der Waals surface area contributed by atoms with Crippen molar-refractivity contribution in [3.8, 4) is 0 Å². The lowest BCUT2D eigenvalue weighted by atomic mass is 10.1. The molecule has 1 heterocycles. The fourth-order valence-corrected chi connectivity index (χ4v) is 2.69. The summed E-state index contributed by atoms with van der Waals surface area (Å²) in [7, 11) is 0. The fourth-order valence-electron chi connectivity index (χ4n) is 2.69. The molecule has 1 aliphatic heterocycles. The van der Waals surface area contributed by atoms with Gasteiger partial charge in [-0.15, -0.1) is 0 Å². The van der Waals surface area contributed by atoms with Gasteiger partial charge in [0.2, 0.25) is 0 Å². The number of benzene rings is 1. The van der Waals surface area contributed by atoms with Gasteiger partial charge in [-0.25, -0.2) is 4.39 Å². The number of anilines is 2. The van der Waals surface area contributed by atoms with Crippen molar-refractivity contribution in [2.75, 3.05) is 23.8 Å². The van der Waals surface area contributed by atoms with Crippen LogP contribution in [0.3, 0.4) is 0 Å². The molecule has 1 saturated heterocycles. The van der Waals surface area contributed by atoms with Crippen LogP contribution in [0.25, 0.3) is 0 Å². The molecule has 1 amide bonds. The molecule has 1 aromatic rings. The fraction of sp³-hybridized carbons (Fsp3) is 0.500. The molecule has 1 aliphatic rings. The van der Waals surface area contributed by atoms with Gasteiger partial charge in [0.1, 0.15) is 5.82 Å². The predicted molar refractivity (Wildman–Crippen MR) is 76.0 cm³/mol. The van der Waals surface area contributed by atoms with Crippen LogP contribution < -0.4 is 16.4 Å². The lowest BCUT2D eigenvalue weighted by molar-refractivity contribution is 0.100. The Hall–Kier alpha value is -1.82. The molecule has 0 spiro atoms. The van der Waals surface area contributed by atoms with Gasteiger partial charge in [-0.3, -0.25) is 4.79 Å². The first kappa shape index (κ1) is 14.6. The molecule has 0 bridgehead atoms. The monoisotopic (exact) mass is 281 g/mol. The zero-order valence-electron chi connectivity index (χ0n) is 11.3. The molecule has 0 radical (unpaired) electrons. The van der Waals surface area contributed by atoms with Gasteiger partial charge in [0.05, 0.1) is 23.9 Å². The smallest absolute Gasteiger partial charge is 0.250 e. The third-order valence-electron chi connectivity index (χ3n) is 3.78. The van der Waals surface area contributed by atoms with Crippen LogP contribution in [0.2, 0.25) is 0 Å². The maximum absolute atomic E-state index is 14.2. The van der Waals surface area contributed by atoms with Crippen molar-refractivity contribution in [3.05, 3.63) is 23.5 Å². The van der Waals surface area contributed by atoms with Gasteiger partial charge in [0.25, 0.3) is 5.91 Å². The molecular weight excluding hydrogens is 261 g/mol.